The summed E-state index contributed by atoms with van der Waals surface area (Å²) < 4.78 is 0. The molecule has 1 fully saturated rings. The van der Waals surface area contributed by atoms with E-state index in [0.717, 1.165) is 16.7 Å². The minimum absolute atomic E-state index is 0.0548. The van der Waals surface area contributed by atoms with Crippen LogP contribution < -0.4 is 5.32 Å². The van der Waals surface area contributed by atoms with Gasteiger partial charge in [0.25, 0.3) is 0 Å². The third-order valence-corrected chi connectivity index (χ3v) is 3.95. The van der Waals surface area contributed by atoms with Crippen molar-refractivity contribution in [1.82, 2.24) is 10.3 Å². The summed E-state index contributed by atoms with van der Waals surface area (Å²) in [4.78, 5) is 16.0. The predicted octanol–water partition coefficient (Wildman–Crippen LogP) is 3.73. The molecule has 1 aliphatic carbocycles. The van der Waals surface area contributed by atoms with E-state index in [1.165, 1.54) is 12.8 Å². The Labute approximate surface area is 125 Å². The maximum absolute atomic E-state index is 11.8. The van der Waals surface area contributed by atoms with Crippen LogP contribution in [0.15, 0.2) is 48.8 Å². The van der Waals surface area contributed by atoms with E-state index in [4.69, 9.17) is 0 Å². The van der Waals surface area contributed by atoms with Gasteiger partial charge in [-0.15, -0.1) is 0 Å². The molecule has 0 bridgehead atoms. The molecule has 1 aromatic carbocycles. The van der Waals surface area contributed by atoms with Crippen molar-refractivity contribution < 1.29 is 4.79 Å². The van der Waals surface area contributed by atoms with E-state index >= 15 is 0 Å². The molecule has 2 aromatic rings. The largest absolute Gasteiger partial charge is 0.350 e. The summed E-state index contributed by atoms with van der Waals surface area (Å²) >= 11 is 0. The SMILES string of the molecule is CC(NC(=O)CC1CC1)c1ccc(-c2cccnc2)cc1. The smallest absolute Gasteiger partial charge is 0.220 e. The van der Waals surface area contributed by atoms with E-state index in [2.05, 4.69) is 34.6 Å². The molecule has 0 spiro atoms. The first kappa shape index (κ1) is 13.8. The van der Waals surface area contributed by atoms with Crippen LogP contribution in [0.25, 0.3) is 11.1 Å². The van der Waals surface area contributed by atoms with Crippen LogP contribution in [-0.4, -0.2) is 10.9 Å². The van der Waals surface area contributed by atoms with Gasteiger partial charge in [-0.25, -0.2) is 0 Å². The van der Waals surface area contributed by atoms with Crippen LogP contribution in [0.3, 0.4) is 0 Å². The molecule has 3 rings (SSSR count). The monoisotopic (exact) mass is 280 g/mol. The van der Waals surface area contributed by atoms with Crippen LogP contribution in [0.5, 0.6) is 0 Å². The zero-order chi connectivity index (χ0) is 14.7. The van der Waals surface area contributed by atoms with Gasteiger partial charge in [-0.3, -0.25) is 9.78 Å². The van der Waals surface area contributed by atoms with Crippen molar-refractivity contribution in [2.75, 3.05) is 0 Å². The van der Waals surface area contributed by atoms with Crippen molar-refractivity contribution in [2.24, 2.45) is 5.92 Å². The van der Waals surface area contributed by atoms with Crippen LogP contribution >= 0.6 is 0 Å². The number of hydrogen-bond donors (Lipinski definition) is 1. The molecule has 0 radical (unpaired) electrons. The molecule has 1 N–H and O–H groups in total. The molecule has 108 valence electrons. The Morgan fingerprint density at radius 3 is 2.62 bits per heavy atom. The van der Waals surface area contributed by atoms with Crippen LogP contribution in [0.4, 0.5) is 0 Å². The summed E-state index contributed by atoms with van der Waals surface area (Å²) in [5.41, 5.74) is 3.38. The summed E-state index contributed by atoms with van der Waals surface area (Å²) in [5.74, 6) is 0.798. The average Bonchev–Trinajstić information content (AvgIpc) is 3.32. The van der Waals surface area contributed by atoms with Gasteiger partial charge in [-0.1, -0.05) is 30.3 Å². The van der Waals surface area contributed by atoms with Gasteiger partial charge < -0.3 is 5.32 Å². The average molecular weight is 280 g/mol. The maximum Gasteiger partial charge on any atom is 0.220 e. The second kappa shape index (κ2) is 6.08. The Kier molecular flexibility index (Phi) is 4.00. The number of nitrogens with one attached hydrogen (secondary N) is 1. The summed E-state index contributed by atoms with van der Waals surface area (Å²) in [6, 6.07) is 12.3. The van der Waals surface area contributed by atoms with Crippen molar-refractivity contribution in [3.8, 4) is 11.1 Å². The Morgan fingerprint density at radius 2 is 2.00 bits per heavy atom. The number of rotatable bonds is 5. The Hall–Kier alpha value is -2.16. The molecule has 0 aliphatic heterocycles. The second-order valence-corrected chi connectivity index (χ2v) is 5.80. The molecular formula is C18H20N2O. The number of carbonyl (C=O) groups excluding carboxylic acids is 1. The minimum atomic E-state index is 0.0548. The van der Waals surface area contributed by atoms with E-state index in [0.29, 0.717) is 12.3 Å². The van der Waals surface area contributed by atoms with E-state index < -0.39 is 0 Å². The molecule has 1 heterocycles. The number of amides is 1. The maximum atomic E-state index is 11.8. The molecule has 21 heavy (non-hydrogen) atoms. The fourth-order valence-corrected chi connectivity index (χ4v) is 2.47. The number of nitrogens with zero attached hydrogens (tertiary/aromatic N) is 1. The fraction of sp³-hybridized carbons (Fsp3) is 0.333. The molecule has 3 nitrogen and oxygen atoms in total. The topological polar surface area (TPSA) is 42.0 Å². The highest BCUT2D eigenvalue weighted by Gasteiger charge is 2.24. The highest BCUT2D eigenvalue weighted by atomic mass is 16.1. The molecule has 1 amide bonds. The summed E-state index contributed by atoms with van der Waals surface area (Å²) in [5, 5.41) is 3.08. The Balaban J connectivity index is 1.64. The van der Waals surface area contributed by atoms with E-state index in [9.17, 15) is 4.79 Å². The van der Waals surface area contributed by atoms with Crippen molar-refractivity contribution >= 4 is 5.91 Å². The third-order valence-electron chi connectivity index (χ3n) is 3.95. The molecule has 3 heteroatoms. The second-order valence-electron chi connectivity index (χ2n) is 5.80. The normalized spacial score (nSPS) is 15.5. The van der Waals surface area contributed by atoms with Crippen LogP contribution in [-0.2, 0) is 4.79 Å². The lowest BCUT2D eigenvalue weighted by Gasteiger charge is -2.15. The fourth-order valence-electron chi connectivity index (χ4n) is 2.47. The molecule has 1 atom stereocenters. The van der Waals surface area contributed by atoms with Gasteiger partial charge >= 0.3 is 0 Å². The lowest BCUT2D eigenvalue weighted by Crippen LogP contribution is -2.26. The van der Waals surface area contributed by atoms with Gasteiger partial charge in [-0.05, 0) is 48.4 Å². The minimum Gasteiger partial charge on any atom is -0.350 e. The number of benzene rings is 1. The highest BCUT2D eigenvalue weighted by Crippen LogP contribution is 2.32. The van der Waals surface area contributed by atoms with Crippen LogP contribution in [0.1, 0.15) is 37.8 Å². The number of pyridine rings is 1. The summed E-state index contributed by atoms with van der Waals surface area (Å²) in [6.07, 6.45) is 6.73. The van der Waals surface area contributed by atoms with Crippen molar-refractivity contribution in [1.29, 1.82) is 0 Å². The third kappa shape index (κ3) is 3.69. The van der Waals surface area contributed by atoms with E-state index in [-0.39, 0.29) is 11.9 Å². The van der Waals surface area contributed by atoms with Crippen molar-refractivity contribution in [2.45, 2.75) is 32.2 Å². The van der Waals surface area contributed by atoms with E-state index in [1.807, 2.05) is 25.3 Å². The van der Waals surface area contributed by atoms with Gasteiger partial charge in [-0.2, -0.15) is 0 Å². The zero-order valence-electron chi connectivity index (χ0n) is 12.3. The van der Waals surface area contributed by atoms with E-state index in [1.54, 1.807) is 6.20 Å². The zero-order valence-corrected chi connectivity index (χ0v) is 12.3. The van der Waals surface area contributed by atoms with Crippen molar-refractivity contribution in [3.63, 3.8) is 0 Å². The summed E-state index contributed by atoms with van der Waals surface area (Å²) in [6.45, 7) is 2.03. The van der Waals surface area contributed by atoms with Gasteiger partial charge in [0.15, 0.2) is 0 Å². The lowest BCUT2D eigenvalue weighted by molar-refractivity contribution is -0.122. The molecule has 1 aromatic heterocycles. The predicted molar refractivity (Wildman–Crippen MR) is 83.6 cm³/mol. The first-order chi connectivity index (χ1) is 10.2. The highest BCUT2D eigenvalue weighted by molar-refractivity contribution is 5.77. The molecule has 0 saturated heterocycles. The number of hydrogen-bond acceptors (Lipinski definition) is 2. The van der Waals surface area contributed by atoms with Gasteiger partial charge in [0.1, 0.15) is 0 Å². The first-order valence-corrected chi connectivity index (χ1v) is 7.52. The van der Waals surface area contributed by atoms with Crippen LogP contribution in [0.2, 0.25) is 0 Å². The first-order valence-electron chi connectivity index (χ1n) is 7.52. The number of aromatic nitrogens is 1. The standard InChI is InChI=1S/C18H20N2O/c1-13(20-18(21)11-14-4-5-14)15-6-8-16(9-7-15)17-3-2-10-19-12-17/h2-3,6-10,12-14H,4-5,11H2,1H3,(H,20,21). The number of carbonyl (C=O) groups is 1. The molecular weight excluding hydrogens is 260 g/mol. The van der Waals surface area contributed by atoms with Crippen LogP contribution in [0, 0.1) is 5.92 Å². The van der Waals surface area contributed by atoms with Gasteiger partial charge in [0.2, 0.25) is 5.91 Å². The quantitative estimate of drug-likeness (QED) is 0.906. The molecule has 1 aliphatic rings. The van der Waals surface area contributed by atoms with Gasteiger partial charge in [0, 0.05) is 18.8 Å². The molecule has 1 unspecified atom stereocenters. The van der Waals surface area contributed by atoms with Crippen molar-refractivity contribution in [3.05, 3.63) is 54.4 Å². The Morgan fingerprint density at radius 1 is 1.24 bits per heavy atom. The van der Waals surface area contributed by atoms with Gasteiger partial charge in [0.05, 0.1) is 6.04 Å². The Bertz CT molecular complexity index is 603. The lowest BCUT2D eigenvalue weighted by atomic mass is 10.0. The molecule has 1 saturated carbocycles. The summed E-state index contributed by atoms with van der Waals surface area (Å²) in [7, 11) is 0.